The van der Waals surface area contributed by atoms with Crippen molar-refractivity contribution in [2.75, 3.05) is 0 Å². The molecule has 0 N–H and O–H groups in total. The molecular formula is C11H13Br2ClS. The van der Waals surface area contributed by atoms with Gasteiger partial charge < -0.3 is 0 Å². The molecule has 0 radical (unpaired) electrons. The van der Waals surface area contributed by atoms with Gasteiger partial charge in [0.1, 0.15) is 0 Å². The molecule has 0 aliphatic heterocycles. The lowest BCUT2D eigenvalue weighted by Gasteiger charge is -2.13. The van der Waals surface area contributed by atoms with Crippen LogP contribution in [0.15, 0.2) is 13.6 Å². The normalized spacial score (nSPS) is 19.7. The van der Waals surface area contributed by atoms with Crippen LogP contribution in [-0.2, 0) is 0 Å². The van der Waals surface area contributed by atoms with Crippen LogP contribution in [0.3, 0.4) is 0 Å². The van der Waals surface area contributed by atoms with E-state index in [-0.39, 0.29) is 5.38 Å². The molecule has 0 aromatic carbocycles. The molecule has 1 unspecified atom stereocenters. The van der Waals surface area contributed by atoms with Crippen LogP contribution < -0.4 is 0 Å². The zero-order chi connectivity index (χ0) is 10.8. The van der Waals surface area contributed by atoms with Crippen LogP contribution in [0.25, 0.3) is 0 Å². The summed E-state index contributed by atoms with van der Waals surface area (Å²) >= 11 is 15.2. The second-order valence-electron chi connectivity index (χ2n) is 4.13. The number of hydrogen-bond acceptors (Lipinski definition) is 1. The summed E-state index contributed by atoms with van der Waals surface area (Å²) < 4.78 is 2.33. The minimum atomic E-state index is 0.171. The van der Waals surface area contributed by atoms with Crippen LogP contribution in [0.5, 0.6) is 0 Å². The Labute approximate surface area is 117 Å². The SMILES string of the molecule is ClC(CC1CCCC1)c1cc(Br)sc1Br. The van der Waals surface area contributed by atoms with Crippen LogP contribution in [0, 0.1) is 5.92 Å². The molecule has 1 aromatic heterocycles. The van der Waals surface area contributed by atoms with E-state index in [1.165, 1.54) is 35.0 Å². The standard InChI is InChI=1S/C11H13Br2ClS/c12-10-6-8(11(13)15-10)9(14)5-7-3-1-2-4-7/h6-7,9H,1-5H2. The van der Waals surface area contributed by atoms with Crippen molar-refractivity contribution >= 4 is 54.8 Å². The average Bonchev–Trinajstić information content (AvgIpc) is 2.75. The highest BCUT2D eigenvalue weighted by Gasteiger charge is 2.22. The van der Waals surface area contributed by atoms with Gasteiger partial charge in [0.05, 0.1) is 12.9 Å². The van der Waals surface area contributed by atoms with Crippen molar-refractivity contribution in [1.82, 2.24) is 0 Å². The molecule has 0 nitrogen and oxygen atoms in total. The molecule has 0 saturated heterocycles. The highest BCUT2D eigenvalue weighted by molar-refractivity contribution is 9.12. The van der Waals surface area contributed by atoms with Gasteiger partial charge in [-0.05, 0) is 55.8 Å². The first-order chi connectivity index (χ1) is 7.16. The maximum atomic E-state index is 6.46. The fourth-order valence-corrected chi connectivity index (χ4v) is 5.83. The van der Waals surface area contributed by atoms with Gasteiger partial charge in [0.2, 0.25) is 0 Å². The van der Waals surface area contributed by atoms with E-state index in [2.05, 4.69) is 37.9 Å². The van der Waals surface area contributed by atoms with Crippen LogP contribution in [-0.4, -0.2) is 0 Å². The van der Waals surface area contributed by atoms with E-state index >= 15 is 0 Å². The molecule has 2 rings (SSSR count). The van der Waals surface area contributed by atoms with Gasteiger partial charge in [-0.2, -0.15) is 0 Å². The Hall–Kier alpha value is 0.950. The minimum Gasteiger partial charge on any atom is -0.121 e. The molecule has 0 spiro atoms. The molecule has 1 heterocycles. The third kappa shape index (κ3) is 3.21. The minimum absolute atomic E-state index is 0.171. The van der Waals surface area contributed by atoms with E-state index in [0.29, 0.717) is 0 Å². The Morgan fingerprint density at radius 1 is 1.40 bits per heavy atom. The maximum Gasteiger partial charge on any atom is 0.0757 e. The molecule has 0 bridgehead atoms. The van der Waals surface area contributed by atoms with Crippen LogP contribution >= 0.6 is 54.8 Å². The van der Waals surface area contributed by atoms with Gasteiger partial charge in [-0.3, -0.25) is 0 Å². The molecule has 4 heteroatoms. The second kappa shape index (κ2) is 5.52. The lowest BCUT2D eigenvalue weighted by molar-refractivity contribution is 0.496. The van der Waals surface area contributed by atoms with Crippen LogP contribution in [0.1, 0.15) is 43.0 Å². The van der Waals surface area contributed by atoms with Gasteiger partial charge in [0, 0.05) is 0 Å². The van der Waals surface area contributed by atoms with Gasteiger partial charge in [-0.15, -0.1) is 22.9 Å². The Balaban J connectivity index is 2.00. The molecule has 1 aliphatic carbocycles. The second-order valence-corrected chi connectivity index (χ2v) is 8.41. The van der Waals surface area contributed by atoms with Crippen molar-refractivity contribution in [1.29, 1.82) is 0 Å². The molecule has 1 saturated carbocycles. The molecular weight excluding hydrogens is 359 g/mol. The first kappa shape index (κ1) is 12.4. The van der Waals surface area contributed by atoms with Crippen molar-refractivity contribution in [2.45, 2.75) is 37.5 Å². The van der Waals surface area contributed by atoms with Crippen molar-refractivity contribution in [3.8, 4) is 0 Å². The molecule has 0 amide bonds. The third-order valence-electron chi connectivity index (χ3n) is 3.04. The van der Waals surface area contributed by atoms with E-state index in [1.807, 2.05) is 0 Å². The highest BCUT2D eigenvalue weighted by Crippen LogP contribution is 2.42. The molecule has 15 heavy (non-hydrogen) atoms. The number of rotatable bonds is 3. The quantitative estimate of drug-likeness (QED) is 0.560. The molecule has 84 valence electrons. The summed E-state index contributed by atoms with van der Waals surface area (Å²) in [6.45, 7) is 0. The highest BCUT2D eigenvalue weighted by atomic mass is 79.9. The summed E-state index contributed by atoms with van der Waals surface area (Å²) in [6, 6.07) is 2.14. The van der Waals surface area contributed by atoms with Crippen molar-refractivity contribution < 1.29 is 0 Å². The van der Waals surface area contributed by atoms with Crippen molar-refractivity contribution in [3.63, 3.8) is 0 Å². The van der Waals surface area contributed by atoms with Gasteiger partial charge in [0.15, 0.2) is 0 Å². The van der Waals surface area contributed by atoms with Gasteiger partial charge >= 0.3 is 0 Å². The number of halogens is 3. The fourth-order valence-electron chi connectivity index (χ4n) is 2.23. The first-order valence-corrected chi connectivity index (χ1v) is 8.09. The van der Waals surface area contributed by atoms with E-state index in [0.717, 1.165) is 16.1 Å². The van der Waals surface area contributed by atoms with Gasteiger partial charge in [0.25, 0.3) is 0 Å². The Morgan fingerprint density at radius 2 is 2.07 bits per heavy atom. The van der Waals surface area contributed by atoms with E-state index in [9.17, 15) is 0 Å². The van der Waals surface area contributed by atoms with Gasteiger partial charge in [-0.1, -0.05) is 25.7 Å². The summed E-state index contributed by atoms with van der Waals surface area (Å²) in [6.07, 6.45) is 6.65. The van der Waals surface area contributed by atoms with E-state index < -0.39 is 0 Å². The summed E-state index contributed by atoms with van der Waals surface area (Å²) in [5.41, 5.74) is 1.25. The zero-order valence-corrected chi connectivity index (χ0v) is 13.1. The summed E-state index contributed by atoms with van der Waals surface area (Å²) in [5.74, 6) is 0.845. The summed E-state index contributed by atoms with van der Waals surface area (Å²) in [4.78, 5) is 0. The molecule has 1 atom stereocenters. The third-order valence-corrected chi connectivity index (χ3v) is 5.83. The largest absolute Gasteiger partial charge is 0.121 e. The average molecular weight is 373 g/mol. The number of thiophene rings is 1. The van der Waals surface area contributed by atoms with Crippen molar-refractivity contribution in [2.24, 2.45) is 5.92 Å². The predicted molar refractivity (Wildman–Crippen MR) is 74.9 cm³/mol. The monoisotopic (exact) mass is 370 g/mol. The van der Waals surface area contributed by atoms with Crippen LogP contribution in [0.4, 0.5) is 0 Å². The number of alkyl halides is 1. The van der Waals surface area contributed by atoms with E-state index in [1.54, 1.807) is 11.3 Å². The smallest absolute Gasteiger partial charge is 0.0757 e. The zero-order valence-electron chi connectivity index (χ0n) is 8.31. The topological polar surface area (TPSA) is 0 Å². The molecule has 1 fully saturated rings. The molecule has 1 aliphatic rings. The lowest BCUT2D eigenvalue weighted by Crippen LogP contribution is -1.99. The predicted octanol–water partition coefficient (Wildman–Crippen LogP) is 6.13. The van der Waals surface area contributed by atoms with Gasteiger partial charge in [-0.25, -0.2) is 0 Å². The van der Waals surface area contributed by atoms with Crippen molar-refractivity contribution in [3.05, 3.63) is 19.2 Å². The molecule has 1 aromatic rings. The first-order valence-electron chi connectivity index (χ1n) is 5.25. The van der Waals surface area contributed by atoms with Crippen LogP contribution in [0.2, 0.25) is 0 Å². The summed E-state index contributed by atoms with van der Waals surface area (Å²) in [7, 11) is 0. The van der Waals surface area contributed by atoms with E-state index in [4.69, 9.17) is 11.6 Å². The Kier molecular flexibility index (Phi) is 4.57. The Bertz CT molecular complexity index is 331. The fraction of sp³-hybridized carbons (Fsp3) is 0.636. The summed E-state index contributed by atoms with van der Waals surface area (Å²) in [5, 5.41) is 0.171. The number of hydrogen-bond donors (Lipinski definition) is 0. The Morgan fingerprint density at radius 3 is 2.60 bits per heavy atom. The lowest BCUT2D eigenvalue weighted by atomic mass is 9.99. The maximum absolute atomic E-state index is 6.46.